The molecule has 1 N–H and O–H groups in total. The van der Waals surface area contributed by atoms with Crippen molar-refractivity contribution in [3.8, 4) is 5.75 Å². The highest BCUT2D eigenvalue weighted by molar-refractivity contribution is 5.95. The highest BCUT2D eigenvalue weighted by Crippen LogP contribution is 2.40. The number of carbonyl (C=O) groups is 1. The lowest BCUT2D eigenvalue weighted by Gasteiger charge is -2.39. The second kappa shape index (κ2) is 6.40. The number of nitrogens with one attached hydrogen (secondary N) is 1. The lowest BCUT2D eigenvalue weighted by molar-refractivity contribution is 0.0883. The summed E-state index contributed by atoms with van der Waals surface area (Å²) in [5.41, 5.74) is 1.67. The van der Waals surface area contributed by atoms with Crippen molar-refractivity contribution in [1.29, 1.82) is 0 Å². The zero-order valence-electron chi connectivity index (χ0n) is 13.7. The average molecular weight is 330 g/mol. The fourth-order valence-corrected chi connectivity index (χ4v) is 3.31. The Kier molecular flexibility index (Phi) is 3.94. The van der Waals surface area contributed by atoms with E-state index in [1.807, 2.05) is 72.8 Å². The van der Waals surface area contributed by atoms with Crippen LogP contribution in [-0.2, 0) is 5.54 Å². The first kappa shape index (κ1) is 15.4. The van der Waals surface area contributed by atoms with Gasteiger partial charge < -0.3 is 10.1 Å². The molecule has 0 bridgehead atoms. The number of ether oxygens (including phenoxy) is 1. The predicted molar refractivity (Wildman–Crippen MR) is 95.5 cm³/mol. The SMILES string of the molecule is O=C(NC1(c2ccccc2)CCOc2cccnc21)c1ccccc1. The molecule has 25 heavy (non-hydrogen) atoms. The van der Waals surface area contributed by atoms with E-state index < -0.39 is 5.54 Å². The molecule has 4 rings (SSSR count). The molecular formula is C21H18N2O2. The van der Waals surface area contributed by atoms with Crippen molar-refractivity contribution in [1.82, 2.24) is 10.3 Å². The molecule has 2 aromatic carbocycles. The zero-order valence-corrected chi connectivity index (χ0v) is 13.7. The van der Waals surface area contributed by atoms with Crippen LogP contribution in [0.25, 0.3) is 0 Å². The molecule has 1 aliphatic heterocycles. The summed E-state index contributed by atoms with van der Waals surface area (Å²) in [6.45, 7) is 0.517. The van der Waals surface area contributed by atoms with Gasteiger partial charge in [-0.1, -0.05) is 48.5 Å². The minimum absolute atomic E-state index is 0.122. The molecule has 0 saturated carbocycles. The van der Waals surface area contributed by atoms with Crippen LogP contribution in [-0.4, -0.2) is 17.5 Å². The minimum Gasteiger partial charge on any atom is -0.491 e. The van der Waals surface area contributed by atoms with Gasteiger partial charge in [0.05, 0.1) is 6.61 Å². The first-order valence-electron chi connectivity index (χ1n) is 8.31. The van der Waals surface area contributed by atoms with Crippen molar-refractivity contribution in [3.63, 3.8) is 0 Å². The second-order valence-corrected chi connectivity index (χ2v) is 6.04. The Morgan fingerprint density at radius 3 is 2.44 bits per heavy atom. The van der Waals surface area contributed by atoms with Crippen LogP contribution in [0.2, 0.25) is 0 Å². The predicted octanol–water partition coefficient (Wildman–Crippen LogP) is 3.54. The molecule has 0 saturated heterocycles. The van der Waals surface area contributed by atoms with Crippen molar-refractivity contribution < 1.29 is 9.53 Å². The molecule has 0 spiro atoms. The van der Waals surface area contributed by atoms with Gasteiger partial charge in [0.15, 0.2) is 0 Å². The van der Waals surface area contributed by atoms with E-state index in [-0.39, 0.29) is 5.91 Å². The number of pyridine rings is 1. The maximum absolute atomic E-state index is 12.9. The van der Waals surface area contributed by atoms with Crippen LogP contribution in [0.3, 0.4) is 0 Å². The fourth-order valence-electron chi connectivity index (χ4n) is 3.31. The van der Waals surface area contributed by atoms with Gasteiger partial charge in [0.2, 0.25) is 0 Å². The Morgan fingerprint density at radius 2 is 1.68 bits per heavy atom. The van der Waals surface area contributed by atoms with E-state index in [2.05, 4.69) is 10.3 Å². The first-order valence-corrected chi connectivity index (χ1v) is 8.31. The molecule has 1 amide bonds. The molecule has 1 atom stereocenters. The lowest BCUT2D eigenvalue weighted by Crippen LogP contribution is -2.50. The third-order valence-corrected chi connectivity index (χ3v) is 4.54. The Morgan fingerprint density at radius 1 is 0.960 bits per heavy atom. The number of hydrogen-bond donors (Lipinski definition) is 1. The van der Waals surface area contributed by atoms with Crippen molar-refractivity contribution >= 4 is 5.91 Å². The number of benzene rings is 2. The second-order valence-electron chi connectivity index (χ2n) is 6.04. The molecule has 124 valence electrons. The maximum Gasteiger partial charge on any atom is 0.252 e. The van der Waals surface area contributed by atoms with Gasteiger partial charge in [-0.2, -0.15) is 0 Å². The summed E-state index contributed by atoms with van der Waals surface area (Å²) >= 11 is 0. The lowest BCUT2D eigenvalue weighted by atomic mass is 9.81. The number of aromatic nitrogens is 1. The fraction of sp³-hybridized carbons (Fsp3) is 0.143. The van der Waals surface area contributed by atoms with Crippen LogP contribution in [0, 0.1) is 0 Å². The van der Waals surface area contributed by atoms with Crippen LogP contribution in [0.5, 0.6) is 5.75 Å². The number of amides is 1. The van der Waals surface area contributed by atoms with Gasteiger partial charge in [-0.05, 0) is 29.8 Å². The number of fused-ring (bicyclic) bond motifs is 1. The van der Waals surface area contributed by atoms with E-state index in [9.17, 15) is 4.79 Å². The standard InChI is InChI=1S/C21H18N2O2/c24-20(16-8-3-1-4-9-16)23-21(17-10-5-2-6-11-17)13-15-25-18-12-7-14-22-19(18)21/h1-12,14H,13,15H2,(H,23,24). The van der Waals surface area contributed by atoms with Crippen LogP contribution in [0.15, 0.2) is 79.0 Å². The van der Waals surface area contributed by atoms with Gasteiger partial charge in [0.1, 0.15) is 17.0 Å². The number of carbonyl (C=O) groups excluding carboxylic acids is 1. The Hall–Kier alpha value is -3.14. The quantitative estimate of drug-likeness (QED) is 0.799. The van der Waals surface area contributed by atoms with E-state index in [0.717, 1.165) is 11.3 Å². The molecule has 4 heteroatoms. The first-order chi connectivity index (χ1) is 12.3. The molecule has 1 unspecified atom stereocenters. The van der Waals surface area contributed by atoms with Crippen LogP contribution < -0.4 is 10.1 Å². The molecule has 1 aromatic heterocycles. The van der Waals surface area contributed by atoms with Gasteiger partial charge in [-0.25, -0.2) is 0 Å². The highest BCUT2D eigenvalue weighted by atomic mass is 16.5. The molecule has 2 heterocycles. The summed E-state index contributed by atoms with van der Waals surface area (Å²) in [6, 6.07) is 23.0. The van der Waals surface area contributed by atoms with E-state index in [1.54, 1.807) is 6.20 Å². The third-order valence-electron chi connectivity index (χ3n) is 4.54. The van der Waals surface area contributed by atoms with E-state index in [0.29, 0.717) is 24.3 Å². The summed E-state index contributed by atoms with van der Waals surface area (Å²) in [7, 11) is 0. The van der Waals surface area contributed by atoms with E-state index >= 15 is 0 Å². The summed E-state index contributed by atoms with van der Waals surface area (Å²) < 4.78 is 5.77. The molecule has 4 nitrogen and oxygen atoms in total. The van der Waals surface area contributed by atoms with Crippen molar-refractivity contribution in [3.05, 3.63) is 95.8 Å². The molecular weight excluding hydrogens is 312 g/mol. The Bertz CT molecular complexity index is 881. The van der Waals surface area contributed by atoms with Gasteiger partial charge >= 0.3 is 0 Å². The number of rotatable bonds is 3. The number of nitrogens with zero attached hydrogens (tertiary/aromatic N) is 1. The largest absolute Gasteiger partial charge is 0.491 e. The summed E-state index contributed by atoms with van der Waals surface area (Å²) in [5.74, 6) is 0.592. The van der Waals surface area contributed by atoms with Gasteiger partial charge in [0, 0.05) is 18.2 Å². The molecule has 0 fully saturated rings. The summed E-state index contributed by atoms with van der Waals surface area (Å²) in [4.78, 5) is 17.5. The summed E-state index contributed by atoms with van der Waals surface area (Å²) in [5, 5.41) is 3.24. The monoisotopic (exact) mass is 330 g/mol. The van der Waals surface area contributed by atoms with E-state index in [4.69, 9.17) is 4.74 Å². The summed E-state index contributed by atoms with van der Waals surface area (Å²) in [6.07, 6.45) is 2.36. The van der Waals surface area contributed by atoms with E-state index in [1.165, 1.54) is 0 Å². The van der Waals surface area contributed by atoms with Gasteiger partial charge in [0.25, 0.3) is 5.91 Å². The Labute approximate surface area is 146 Å². The van der Waals surface area contributed by atoms with Crippen LogP contribution in [0.1, 0.15) is 28.0 Å². The maximum atomic E-state index is 12.9. The normalized spacial score (nSPS) is 18.7. The molecule has 0 radical (unpaired) electrons. The van der Waals surface area contributed by atoms with Crippen molar-refractivity contribution in [2.75, 3.05) is 6.61 Å². The zero-order chi connectivity index (χ0) is 17.1. The molecule has 0 aliphatic carbocycles. The smallest absolute Gasteiger partial charge is 0.252 e. The van der Waals surface area contributed by atoms with Crippen molar-refractivity contribution in [2.45, 2.75) is 12.0 Å². The topological polar surface area (TPSA) is 51.2 Å². The minimum atomic E-state index is -0.705. The molecule has 1 aliphatic rings. The molecule has 3 aromatic rings. The van der Waals surface area contributed by atoms with Crippen LogP contribution >= 0.6 is 0 Å². The number of hydrogen-bond acceptors (Lipinski definition) is 3. The van der Waals surface area contributed by atoms with Crippen molar-refractivity contribution in [2.24, 2.45) is 0 Å². The highest BCUT2D eigenvalue weighted by Gasteiger charge is 2.42. The Balaban J connectivity index is 1.83. The van der Waals surface area contributed by atoms with Crippen LogP contribution in [0.4, 0.5) is 0 Å². The third kappa shape index (κ3) is 2.76. The average Bonchev–Trinajstić information content (AvgIpc) is 2.69. The van der Waals surface area contributed by atoms with Gasteiger partial charge in [-0.15, -0.1) is 0 Å². The van der Waals surface area contributed by atoms with Gasteiger partial charge in [-0.3, -0.25) is 9.78 Å².